The van der Waals surface area contributed by atoms with Crippen molar-refractivity contribution in [3.63, 3.8) is 0 Å². The van der Waals surface area contributed by atoms with Crippen molar-refractivity contribution in [2.24, 2.45) is 0 Å². The second-order valence-electron chi connectivity index (χ2n) is 9.21. The number of pyridine rings is 1. The minimum absolute atomic E-state index is 0.0188. The van der Waals surface area contributed by atoms with Gasteiger partial charge in [0.25, 0.3) is 0 Å². The Bertz CT molecular complexity index is 2350. The Morgan fingerprint density at radius 2 is 0.796 bits per heavy atom. The molecule has 236 valence electrons. The SMILES string of the molecule is N#CC(=C1C(=C(/C#N)c2c(F)c(F)c(C#N)c(C#N)c2F)/C1=C(/C#N)c1c(F)c(F)c(C#N)c(C#N)c1F)c1c(F)cncc1C(F)(F)F. The topological polar surface area (TPSA) is 179 Å². The first-order valence-electron chi connectivity index (χ1n) is 12.3. The fourth-order valence-electron chi connectivity index (χ4n) is 4.73. The molecule has 1 heterocycles. The highest BCUT2D eigenvalue weighted by atomic mass is 19.4. The van der Waals surface area contributed by atoms with Gasteiger partial charge in [0.15, 0.2) is 40.7 Å². The summed E-state index contributed by atoms with van der Waals surface area (Å²) in [6, 6.07) is 7.42. The summed E-state index contributed by atoms with van der Waals surface area (Å²) < 4.78 is 148. The van der Waals surface area contributed by atoms with Crippen LogP contribution in [0.2, 0.25) is 0 Å². The summed E-state index contributed by atoms with van der Waals surface area (Å²) >= 11 is 0. The third-order valence-corrected chi connectivity index (χ3v) is 6.82. The first kappa shape index (κ1) is 34.4. The van der Waals surface area contributed by atoms with E-state index in [1.54, 1.807) is 0 Å². The number of hydrogen-bond acceptors (Lipinski definition) is 8. The van der Waals surface area contributed by atoms with Crippen LogP contribution in [0.3, 0.4) is 0 Å². The molecule has 0 bridgehead atoms. The predicted molar refractivity (Wildman–Crippen MR) is 138 cm³/mol. The average molecular weight is 676 g/mol. The van der Waals surface area contributed by atoms with Crippen LogP contribution < -0.4 is 0 Å². The van der Waals surface area contributed by atoms with Crippen LogP contribution in [0.15, 0.2) is 29.1 Å². The fraction of sp³-hybridized carbons (Fsp3) is 0.0323. The van der Waals surface area contributed by atoms with E-state index in [9.17, 15) is 48.3 Å². The van der Waals surface area contributed by atoms with Gasteiger partial charge in [-0.25, -0.2) is 30.7 Å². The zero-order chi connectivity index (χ0) is 36.7. The highest BCUT2D eigenvalue weighted by molar-refractivity contribution is 6.12. The molecule has 0 atom stereocenters. The lowest BCUT2D eigenvalue weighted by Crippen LogP contribution is -2.11. The van der Waals surface area contributed by atoms with E-state index in [1.807, 2.05) is 0 Å². The van der Waals surface area contributed by atoms with E-state index in [2.05, 4.69) is 4.98 Å². The van der Waals surface area contributed by atoms with Gasteiger partial charge in [-0.05, 0) is 0 Å². The molecule has 1 aromatic heterocycles. The molecule has 3 aromatic rings. The van der Waals surface area contributed by atoms with E-state index in [0.29, 0.717) is 0 Å². The largest absolute Gasteiger partial charge is 0.418 e. The van der Waals surface area contributed by atoms with E-state index in [0.717, 1.165) is 42.5 Å². The third kappa shape index (κ3) is 5.11. The van der Waals surface area contributed by atoms with Gasteiger partial charge in [0.1, 0.15) is 64.7 Å². The maximum Gasteiger partial charge on any atom is 0.418 e. The monoisotopic (exact) mass is 676 g/mol. The van der Waals surface area contributed by atoms with Crippen molar-refractivity contribution in [1.82, 2.24) is 4.98 Å². The van der Waals surface area contributed by atoms with Crippen molar-refractivity contribution in [1.29, 1.82) is 36.8 Å². The first-order chi connectivity index (χ1) is 23.1. The summed E-state index contributed by atoms with van der Waals surface area (Å²) in [6.45, 7) is 0. The van der Waals surface area contributed by atoms with Gasteiger partial charge < -0.3 is 0 Å². The zero-order valence-electron chi connectivity index (χ0n) is 23.0. The maximum atomic E-state index is 15.5. The summed E-state index contributed by atoms with van der Waals surface area (Å²) in [5.74, 6) is -15.4. The minimum atomic E-state index is -5.50. The Morgan fingerprint density at radius 1 is 0.469 bits per heavy atom. The lowest BCUT2D eigenvalue weighted by molar-refractivity contribution is -0.138. The second-order valence-corrected chi connectivity index (χ2v) is 9.21. The number of benzene rings is 2. The summed E-state index contributed by atoms with van der Waals surface area (Å²) in [6.07, 6.45) is -5.32. The molecule has 8 nitrogen and oxygen atoms in total. The van der Waals surface area contributed by atoms with E-state index < -0.39 is 125 Å². The van der Waals surface area contributed by atoms with Crippen LogP contribution in [0.25, 0.3) is 16.7 Å². The highest BCUT2D eigenvalue weighted by Crippen LogP contribution is 2.57. The Kier molecular flexibility index (Phi) is 8.70. The zero-order valence-corrected chi connectivity index (χ0v) is 23.0. The normalized spacial score (nSPS) is 14.9. The van der Waals surface area contributed by atoms with Crippen LogP contribution in [0.1, 0.15) is 44.5 Å². The molecular weight excluding hydrogens is 674 g/mol. The van der Waals surface area contributed by atoms with Gasteiger partial charge in [-0.1, -0.05) is 0 Å². The molecule has 1 saturated carbocycles. The molecule has 1 aliphatic carbocycles. The second kappa shape index (κ2) is 12.4. The first-order valence-corrected chi connectivity index (χ1v) is 12.3. The predicted octanol–water partition coefficient (Wildman–Crippen LogP) is 6.81. The number of nitriles is 7. The number of alkyl halides is 3. The quantitative estimate of drug-likeness (QED) is 0.165. The average Bonchev–Trinajstić information content (AvgIpc) is 3.78. The number of halogens is 10. The summed E-state index contributed by atoms with van der Waals surface area (Å²) in [5.41, 5.74) is -21.7. The summed E-state index contributed by atoms with van der Waals surface area (Å²) in [4.78, 5) is 3.03. The molecule has 4 rings (SSSR count). The van der Waals surface area contributed by atoms with Gasteiger partial charge in [0.05, 0.1) is 39.6 Å². The van der Waals surface area contributed by atoms with E-state index in [4.69, 9.17) is 10.5 Å². The smallest absolute Gasteiger partial charge is 0.261 e. The van der Waals surface area contributed by atoms with E-state index in [1.165, 1.54) is 0 Å². The van der Waals surface area contributed by atoms with Gasteiger partial charge in [-0.15, -0.1) is 0 Å². The molecule has 49 heavy (non-hydrogen) atoms. The number of aromatic nitrogens is 1. The molecule has 0 saturated heterocycles. The summed E-state index contributed by atoms with van der Waals surface area (Å²) in [7, 11) is 0. The van der Waals surface area contributed by atoms with Crippen molar-refractivity contribution in [2.45, 2.75) is 6.18 Å². The van der Waals surface area contributed by atoms with Crippen molar-refractivity contribution < 1.29 is 43.9 Å². The molecule has 18 heteroatoms. The molecule has 0 radical (unpaired) electrons. The van der Waals surface area contributed by atoms with Gasteiger partial charge in [0.2, 0.25) is 0 Å². The number of nitrogens with zero attached hydrogens (tertiary/aromatic N) is 8. The molecule has 0 amide bonds. The van der Waals surface area contributed by atoms with Crippen LogP contribution in [0.5, 0.6) is 0 Å². The van der Waals surface area contributed by atoms with Crippen LogP contribution >= 0.6 is 0 Å². The van der Waals surface area contributed by atoms with Crippen molar-refractivity contribution in [3.8, 4) is 42.5 Å². The number of allylic oxidation sites excluding steroid dienone is 6. The van der Waals surface area contributed by atoms with E-state index in [-0.39, 0.29) is 12.4 Å². The highest BCUT2D eigenvalue weighted by Gasteiger charge is 2.47. The van der Waals surface area contributed by atoms with Crippen LogP contribution in [0.4, 0.5) is 43.9 Å². The van der Waals surface area contributed by atoms with Crippen molar-refractivity contribution >= 4 is 16.7 Å². The Hall–Kier alpha value is -7.46. The molecule has 0 spiro atoms. The molecular formula is C31H2F10N8. The number of hydrogen-bond donors (Lipinski definition) is 0. The minimum Gasteiger partial charge on any atom is -0.261 e. The van der Waals surface area contributed by atoms with Gasteiger partial charge in [0, 0.05) is 28.5 Å². The lowest BCUT2D eigenvalue weighted by atomic mass is 9.95. The van der Waals surface area contributed by atoms with Crippen LogP contribution in [-0.2, 0) is 6.18 Å². The van der Waals surface area contributed by atoms with Crippen molar-refractivity contribution in [2.75, 3.05) is 0 Å². The molecule has 0 aliphatic heterocycles. The summed E-state index contributed by atoms with van der Waals surface area (Å²) in [5, 5.41) is 66.7. The lowest BCUT2D eigenvalue weighted by Gasteiger charge is -2.12. The molecule has 1 aliphatic rings. The Labute approximate surface area is 265 Å². The van der Waals surface area contributed by atoms with Crippen LogP contribution in [0, 0.1) is 120 Å². The standard InChI is InChI=1S/C31H2F10N8/c32-18-9-49-8-17(31(39,40)41)19(18)14(5-46)20-21(15(6-47)23-25(33)10(1-42)12(3-44)27(35)29(23)37)22(20)16(7-48)24-26(34)11(2-43)13(4-45)28(36)30(24)38/h8-9H/b20-14?,21-15-,22-16+. The van der Waals surface area contributed by atoms with Gasteiger partial charge in [-0.2, -0.15) is 50.0 Å². The molecule has 0 unspecified atom stereocenters. The molecule has 2 aromatic carbocycles. The molecule has 0 N–H and O–H groups in total. The van der Waals surface area contributed by atoms with Crippen LogP contribution in [-0.4, -0.2) is 4.98 Å². The number of rotatable bonds is 3. The maximum absolute atomic E-state index is 15.5. The Balaban J connectivity index is 2.40. The van der Waals surface area contributed by atoms with Gasteiger partial charge in [-0.3, -0.25) is 4.98 Å². The Morgan fingerprint density at radius 3 is 1.10 bits per heavy atom. The van der Waals surface area contributed by atoms with Crippen molar-refractivity contribution in [3.05, 3.63) is 114 Å². The van der Waals surface area contributed by atoms with Gasteiger partial charge >= 0.3 is 6.18 Å². The van der Waals surface area contributed by atoms with E-state index >= 15 is 22.0 Å². The fourth-order valence-corrected chi connectivity index (χ4v) is 4.73. The third-order valence-electron chi connectivity index (χ3n) is 6.82. The molecule has 1 fully saturated rings.